The zero-order valence-corrected chi connectivity index (χ0v) is 11.7. The number of carbonyl (C=O) groups excluding carboxylic acids is 1. The average Bonchev–Trinajstić information content (AvgIpc) is 2.43. The van der Waals surface area contributed by atoms with Gasteiger partial charge in [-0.2, -0.15) is 0 Å². The third kappa shape index (κ3) is 7.47. The van der Waals surface area contributed by atoms with E-state index in [1.807, 2.05) is 0 Å². The van der Waals surface area contributed by atoms with Crippen LogP contribution in [0.4, 0.5) is 4.79 Å². The first-order chi connectivity index (χ1) is 9.99. The summed E-state index contributed by atoms with van der Waals surface area (Å²) in [7, 11) is 0. The molecule has 4 N–H and O–H groups in total. The van der Waals surface area contributed by atoms with E-state index in [9.17, 15) is 14.4 Å². The van der Waals surface area contributed by atoms with Crippen LogP contribution in [0.1, 0.15) is 12.8 Å². The summed E-state index contributed by atoms with van der Waals surface area (Å²) in [4.78, 5) is 35.0. The number of carboxylic acids is 2. The molecule has 1 aliphatic rings. The third-order valence-corrected chi connectivity index (χ3v) is 3.02. The fraction of sp³-hybridized carbons (Fsp3) is 0.750. The first-order valence-corrected chi connectivity index (χ1v) is 6.78. The van der Waals surface area contributed by atoms with E-state index in [0.717, 1.165) is 26.1 Å². The van der Waals surface area contributed by atoms with E-state index in [1.54, 1.807) is 0 Å². The smallest absolute Gasteiger partial charge is 0.326 e. The quantitative estimate of drug-likeness (QED) is 0.420. The third-order valence-electron chi connectivity index (χ3n) is 3.02. The molecular formula is C12H21N3O6. The van der Waals surface area contributed by atoms with Crippen LogP contribution in [0.3, 0.4) is 0 Å². The Morgan fingerprint density at radius 3 is 2.43 bits per heavy atom. The number of urea groups is 1. The van der Waals surface area contributed by atoms with Crippen LogP contribution in [-0.2, 0) is 14.3 Å². The van der Waals surface area contributed by atoms with Crippen LogP contribution in [0.25, 0.3) is 0 Å². The second-order valence-electron chi connectivity index (χ2n) is 4.70. The predicted octanol–water partition coefficient (Wildman–Crippen LogP) is -1.06. The summed E-state index contributed by atoms with van der Waals surface area (Å²) in [6.07, 6.45) is 0.0701. The average molecular weight is 303 g/mol. The van der Waals surface area contributed by atoms with Gasteiger partial charge in [-0.1, -0.05) is 0 Å². The van der Waals surface area contributed by atoms with Gasteiger partial charge in [0.15, 0.2) is 0 Å². The molecule has 2 amide bonds. The van der Waals surface area contributed by atoms with Crippen molar-refractivity contribution in [2.75, 3.05) is 39.4 Å². The molecule has 1 saturated heterocycles. The molecule has 0 radical (unpaired) electrons. The molecule has 0 bridgehead atoms. The van der Waals surface area contributed by atoms with Crippen LogP contribution >= 0.6 is 0 Å². The van der Waals surface area contributed by atoms with Crippen molar-refractivity contribution < 1.29 is 29.3 Å². The second kappa shape index (κ2) is 9.14. The molecule has 21 heavy (non-hydrogen) atoms. The van der Waals surface area contributed by atoms with Crippen LogP contribution in [0.15, 0.2) is 0 Å². The van der Waals surface area contributed by atoms with E-state index in [2.05, 4.69) is 15.5 Å². The Bertz CT molecular complexity index is 370. The number of hydrogen-bond donors (Lipinski definition) is 4. The topological polar surface area (TPSA) is 128 Å². The van der Waals surface area contributed by atoms with Crippen molar-refractivity contribution in [3.8, 4) is 0 Å². The van der Waals surface area contributed by atoms with Crippen molar-refractivity contribution in [1.29, 1.82) is 0 Å². The number of rotatable bonds is 8. The van der Waals surface area contributed by atoms with Crippen LogP contribution in [0, 0.1) is 0 Å². The Kier molecular flexibility index (Phi) is 7.48. The summed E-state index contributed by atoms with van der Waals surface area (Å²) in [6, 6.07) is -2.10. The first-order valence-electron chi connectivity index (χ1n) is 6.78. The van der Waals surface area contributed by atoms with Crippen LogP contribution in [-0.4, -0.2) is 78.5 Å². The van der Waals surface area contributed by atoms with Gasteiger partial charge in [0.25, 0.3) is 0 Å². The normalized spacial score (nSPS) is 17.0. The van der Waals surface area contributed by atoms with Gasteiger partial charge < -0.3 is 25.6 Å². The maximum Gasteiger partial charge on any atom is 0.326 e. The molecule has 120 valence electrons. The van der Waals surface area contributed by atoms with Gasteiger partial charge in [-0.15, -0.1) is 0 Å². The number of carboxylic acid groups (broad SMARTS) is 2. The minimum absolute atomic E-state index is 0.391. The summed E-state index contributed by atoms with van der Waals surface area (Å²) in [5, 5.41) is 22.0. The molecule has 1 heterocycles. The lowest BCUT2D eigenvalue weighted by Gasteiger charge is -2.26. The van der Waals surface area contributed by atoms with Crippen LogP contribution < -0.4 is 10.6 Å². The van der Waals surface area contributed by atoms with Gasteiger partial charge in [0.05, 0.1) is 19.6 Å². The molecule has 0 aromatic heterocycles. The lowest BCUT2D eigenvalue weighted by molar-refractivity contribution is -0.145. The molecular weight excluding hydrogens is 282 g/mol. The van der Waals surface area contributed by atoms with Gasteiger partial charge >= 0.3 is 18.0 Å². The molecule has 1 unspecified atom stereocenters. The summed E-state index contributed by atoms with van der Waals surface area (Å²) in [5.74, 6) is -2.66. The van der Waals surface area contributed by atoms with E-state index in [-0.39, 0.29) is 0 Å². The summed E-state index contributed by atoms with van der Waals surface area (Å²) in [6.45, 7) is 4.37. The number of nitrogens with zero attached hydrogens (tertiary/aromatic N) is 1. The number of carbonyl (C=O) groups is 3. The standard InChI is InChI=1S/C12H21N3O6/c16-10(17)8-9(11(18)19)14-12(20)13-2-1-3-15-4-6-21-7-5-15/h9H,1-8H2,(H,16,17)(H,18,19)(H2,13,14,20). The van der Waals surface area contributed by atoms with Crippen molar-refractivity contribution >= 4 is 18.0 Å². The Hall–Kier alpha value is -1.87. The highest BCUT2D eigenvalue weighted by Gasteiger charge is 2.22. The SMILES string of the molecule is O=C(O)CC(NC(=O)NCCCN1CCOCC1)C(=O)O. The number of hydrogen-bond acceptors (Lipinski definition) is 5. The second-order valence-corrected chi connectivity index (χ2v) is 4.70. The zero-order valence-electron chi connectivity index (χ0n) is 11.7. The maximum absolute atomic E-state index is 11.5. The number of nitrogens with one attached hydrogen (secondary N) is 2. The van der Waals surface area contributed by atoms with Gasteiger partial charge in [-0.25, -0.2) is 9.59 Å². The van der Waals surface area contributed by atoms with Gasteiger partial charge in [-0.3, -0.25) is 9.69 Å². The lowest BCUT2D eigenvalue weighted by Crippen LogP contribution is -2.47. The Morgan fingerprint density at radius 1 is 1.19 bits per heavy atom. The van der Waals surface area contributed by atoms with Crippen LogP contribution in [0.5, 0.6) is 0 Å². The highest BCUT2D eigenvalue weighted by molar-refractivity contribution is 5.86. The number of ether oxygens (including phenoxy) is 1. The lowest BCUT2D eigenvalue weighted by atomic mass is 10.2. The molecule has 0 spiro atoms. The van der Waals surface area contributed by atoms with Gasteiger partial charge in [0, 0.05) is 19.6 Å². The Morgan fingerprint density at radius 2 is 1.86 bits per heavy atom. The first kappa shape index (κ1) is 17.2. The number of morpholine rings is 1. The Balaban J connectivity index is 2.16. The van der Waals surface area contributed by atoms with Crippen molar-refractivity contribution in [3.63, 3.8) is 0 Å². The minimum Gasteiger partial charge on any atom is -0.481 e. The zero-order chi connectivity index (χ0) is 15.7. The molecule has 0 aromatic rings. The minimum atomic E-state index is -1.43. The molecule has 1 aliphatic heterocycles. The van der Waals surface area contributed by atoms with Crippen molar-refractivity contribution in [2.45, 2.75) is 18.9 Å². The molecule has 1 rings (SSSR count). The molecule has 9 heteroatoms. The molecule has 0 aliphatic carbocycles. The van der Waals surface area contributed by atoms with E-state index in [1.165, 1.54) is 0 Å². The van der Waals surface area contributed by atoms with Gasteiger partial charge in [0.1, 0.15) is 6.04 Å². The number of aliphatic carboxylic acids is 2. The van der Waals surface area contributed by atoms with E-state index >= 15 is 0 Å². The molecule has 1 fully saturated rings. The monoisotopic (exact) mass is 303 g/mol. The maximum atomic E-state index is 11.5. The molecule has 0 saturated carbocycles. The van der Waals surface area contributed by atoms with E-state index in [0.29, 0.717) is 19.8 Å². The largest absolute Gasteiger partial charge is 0.481 e. The van der Waals surface area contributed by atoms with Gasteiger partial charge in [-0.05, 0) is 13.0 Å². The summed E-state index contributed by atoms with van der Waals surface area (Å²) < 4.78 is 5.22. The fourth-order valence-corrected chi connectivity index (χ4v) is 1.91. The van der Waals surface area contributed by atoms with E-state index < -0.39 is 30.4 Å². The predicted molar refractivity (Wildman–Crippen MR) is 72.1 cm³/mol. The molecule has 1 atom stereocenters. The fourth-order valence-electron chi connectivity index (χ4n) is 1.91. The van der Waals surface area contributed by atoms with Crippen LogP contribution in [0.2, 0.25) is 0 Å². The Labute approximate surface area is 122 Å². The molecule has 0 aromatic carbocycles. The molecule has 9 nitrogen and oxygen atoms in total. The van der Waals surface area contributed by atoms with Gasteiger partial charge in [0.2, 0.25) is 0 Å². The van der Waals surface area contributed by atoms with Crippen molar-refractivity contribution in [3.05, 3.63) is 0 Å². The van der Waals surface area contributed by atoms with E-state index in [4.69, 9.17) is 14.9 Å². The van der Waals surface area contributed by atoms with Crippen molar-refractivity contribution in [2.24, 2.45) is 0 Å². The highest BCUT2D eigenvalue weighted by atomic mass is 16.5. The highest BCUT2D eigenvalue weighted by Crippen LogP contribution is 1.97. The summed E-state index contributed by atoms with van der Waals surface area (Å²) in [5.41, 5.74) is 0. The number of amides is 2. The van der Waals surface area contributed by atoms with Crippen molar-refractivity contribution in [1.82, 2.24) is 15.5 Å². The summed E-state index contributed by atoms with van der Waals surface area (Å²) >= 11 is 0.